The van der Waals surface area contributed by atoms with E-state index in [2.05, 4.69) is 5.32 Å². The topological polar surface area (TPSA) is 90.7 Å². The van der Waals surface area contributed by atoms with E-state index in [9.17, 15) is 14.9 Å². The number of anilines is 1. The minimum Gasteiger partial charge on any atom is -0.492 e. The molecule has 2 aromatic carbocycles. The molecule has 0 fully saturated rings. The first kappa shape index (κ1) is 20.6. The second-order valence-corrected chi connectivity index (χ2v) is 7.77. The van der Waals surface area contributed by atoms with Crippen LogP contribution in [0.3, 0.4) is 0 Å². The van der Waals surface area contributed by atoms with Crippen molar-refractivity contribution in [2.45, 2.75) is 31.3 Å². The fourth-order valence-corrected chi connectivity index (χ4v) is 2.88. The average Bonchev–Trinajstić information content (AvgIpc) is 2.57. The molecule has 0 heterocycles. The van der Waals surface area contributed by atoms with Crippen LogP contribution in [0.5, 0.6) is 5.75 Å². The van der Waals surface area contributed by atoms with Gasteiger partial charge in [0.05, 0.1) is 17.6 Å². The van der Waals surface area contributed by atoms with Crippen molar-refractivity contribution >= 4 is 29.2 Å². The van der Waals surface area contributed by atoms with Crippen molar-refractivity contribution in [1.82, 2.24) is 0 Å². The number of thioether (sulfide) groups is 1. The molecule has 0 saturated heterocycles. The first-order valence-electron chi connectivity index (χ1n) is 8.33. The number of carbonyl (C=O) groups is 1. The summed E-state index contributed by atoms with van der Waals surface area (Å²) in [5, 5.41) is 13.5. The second kappa shape index (κ2) is 9.27. The Labute approximate surface area is 162 Å². The zero-order valence-electron chi connectivity index (χ0n) is 15.4. The predicted molar refractivity (Wildman–Crippen MR) is 106 cm³/mol. The van der Waals surface area contributed by atoms with Gasteiger partial charge in [-0.3, -0.25) is 15.4 Å². The quantitative estimate of drug-likeness (QED) is 0.306. The van der Waals surface area contributed by atoms with Gasteiger partial charge in [-0.25, -0.2) is 4.79 Å². The van der Waals surface area contributed by atoms with Crippen LogP contribution in [0.2, 0.25) is 0 Å². The van der Waals surface area contributed by atoms with Gasteiger partial charge >= 0.3 is 6.09 Å². The summed E-state index contributed by atoms with van der Waals surface area (Å²) in [4.78, 5) is 23.1. The van der Waals surface area contributed by atoms with Gasteiger partial charge < -0.3 is 9.47 Å². The third-order valence-electron chi connectivity index (χ3n) is 3.13. The van der Waals surface area contributed by atoms with E-state index in [1.807, 2.05) is 18.2 Å². The molecule has 0 atom stereocenters. The number of non-ortho nitro benzene ring substituents is 1. The average molecular weight is 390 g/mol. The molecular weight excluding hydrogens is 368 g/mol. The summed E-state index contributed by atoms with van der Waals surface area (Å²) in [7, 11) is 0. The number of hydrogen-bond donors (Lipinski definition) is 1. The van der Waals surface area contributed by atoms with Crippen LogP contribution in [-0.4, -0.2) is 29.0 Å². The summed E-state index contributed by atoms with van der Waals surface area (Å²) in [5.74, 6) is 1.11. The lowest BCUT2D eigenvalue weighted by Crippen LogP contribution is -2.27. The summed E-state index contributed by atoms with van der Waals surface area (Å²) < 4.78 is 10.8. The molecule has 1 N–H and O–H groups in total. The highest BCUT2D eigenvalue weighted by Gasteiger charge is 2.16. The van der Waals surface area contributed by atoms with E-state index in [0.29, 0.717) is 23.8 Å². The van der Waals surface area contributed by atoms with Gasteiger partial charge in [-0.15, -0.1) is 11.8 Å². The number of nitrogens with one attached hydrogen (secondary N) is 1. The molecule has 0 bridgehead atoms. The normalized spacial score (nSPS) is 10.9. The molecule has 1 amide bonds. The van der Waals surface area contributed by atoms with Gasteiger partial charge in [-0.05, 0) is 45.0 Å². The molecular formula is C19H22N2O5S. The zero-order valence-corrected chi connectivity index (χ0v) is 16.2. The van der Waals surface area contributed by atoms with Crippen LogP contribution in [-0.2, 0) is 4.74 Å². The van der Waals surface area contributed by atoms with Crippen LogP contribution in [0.1, 0.15) is 20.8 Å². The lowest BCUT2D eigenvalue weighted by Gasteiger charge is -2.19. The van der Waals surface area contributed by atoms with E-state index in [1.165, 1.54) is 12.1 Å². The Hall–Kier alpha value is -2.74. The maximum Gasteiger partial charge on any atom is 0.412 e. The van der Waals surface area contributed by atoms with E-state index in [4.69, 9.17) is 9.47 Å². The summed E-state index contributed by atoms with van der Waals surface area (Å²) >= 11 is 1.55. The van der Waals surface area contributed by atoms with Crippen molar-refractivity contribution in [1.29, 1.82) is 0 Å². The van der Waals surface area contributed by atoms with Crippen LogP contribution >= 0.6 is 11.8 Å². The summed E-state index contributed by atoms with van der Waals surface area (Å²) in [6.07, 6.45) is -0.501. The van der Waals surface area contributed by atoms with Gasteiger partial charge in [0.25, 0.3) is 5.69 Å². The molecule has 0 aromatic heterocycles. The molecule has 0 aliphatic carbocycles. The first-order valence-corrected chi connectivity index (χ1v) is 9.32. The number of nitrogens with zero attached hydrogens (tertiary/aromatic N) is 1. The van der Waals surface area contributed by atoms with Crippen molar-refractivity contribution in [3.63, 3.8) is 0 Å². The van der Waals surface area contributed by atoms with Gasteiger partial charge in [0, 0.05) is 22.4 Å². The second-order valence-electron chi connectivity index (χ2n) is 6.61. The van der Waals surface area contributed by atoms with Crippen LogP contribution in [0.25, 0.3) is 0 Å². The van der Waals surface area contributed by atoms with Crippen molar-refractivity contribution in [2.24, 2.45) is 0 Å². The third-order valence-corrected chi connectivity index (χ3v) is 4.09. The number of benzene rings is 2. The van der Waals surface area contributed by atoms with Gasteiger partial charge in [0.1, 0.15) is 11.4 Å². The number of amides is 1. The van der Waals surface area contributed by atoms with Gasteiger partial charge in [0.2, 0.25) is 0 Å². The third kappa shape index (κ3) is 7.57. The number of rotatable bonds is 7. The molecule has 0 spiro atoms. The molecule has 0 aliphatic rings. The molecule has 27 heavy (non-hydrogen) atoms. The maximum absolute atomic E-state index is 11.8. The molecule has 0 radical (unpaired) electrons. The molecule has 0 saturated carbocycles. The zero-order chi connectivity index (χ0) is 19.9. The van der Waals surface area contributed by atoms with Crippen molar-refractivity contribution in [2.75, 3.05) is 17.7 Å². The number of nitro benzene ring substituents is 1. The van der Waals surface area contributed by atoms with Crippen LogP contribution in [0.4, 0.5) is 16.2 Å². The van der Waals surface area contributed by atoms with E-state index in [1.54, 1.807) is 50.7 Å². The van der Waals surface area contributed by atoms with Crippen molar-refractivity contribution < 1.29 is 19.2 Å². The van der Waals surface area contributed by atoms with Crippen molar-refractivity contribution in [3.05, 3.63) is 58.6 Å². The highest BCUT2D eigenvalue weighted by atomic mass is 32.2. The Morgan fingerprint density at radius 1 is 1.19 bits per heavy atom. The molecule has 2 aromatic rings. The molecule has 0 unspecified atom stereocenters. The minimum atomic E-state index is -0.555. The Bertz CT molecular complexity index is 805. The van der Waals surface area contributed by atoms with Crippen LogP contribution < -0.4 is 10.1 Å². The molecule has 7 nitrogen and oxygen atoms in total. The summed E-state index contributed by atoms with van der Waals surface area (Å²) in [5.41, 5.74) is 0.0928. The lowest BCUT2D eigenvalue weighted by atomic mass is 10.2. The van der Waals surface area contributed by atoms with E-state index >= 15 is 0 Å². The first-order chi connectivity index (χ1) is 12.7. The van der Waals surface area contributed by atoms with Gasteiger partial charge in [-0.2, -0.15) is 0 Å². The summed E-state index contributed by atoms with van der Waals surface area (Å²) in [6, 6.07) is 13.5. The Morgan fingerprint density at radius 2 is 1.93 bits per heavy atom. The fourth-order valence-electron chi connectivity index (χ4n) is 2.09. The lowest BCUT2D eigenvalue weighted by molar-refractivity contribution is -0.384. The fraction of sp³-hybridized carbons (Fsp3) is 0.316. The maximum atomic E-state index is 11.8. The number of nitro groups is 1. The number of hydrogen-bond acceptors (Lipinski definition) is 6. The SMILES string of the molecule is CC(C)(C)OC(=O)Nc1cccc(SCCOc2cccc([N+](=O)[O-])c2)c1. The Kier molecular flexibility index (Phi) is 7.06. The van der Waals surface area contributed by atoms with E-state index < -0.39 is 16.6 Å². The van der Waals surface area contributed by atoms with Gasteiger partial charge in [0.15, 0.2) is 0 Å². The molecule has 0 aliphatic heterocycles. The molecule has 8 heteroatoms. The Balaban J connectivity index is 1.82. The largest absolute Gasteiger partial charge is 0.492 e. The monoisotopic (exact) mass is 390 g/mol. The smallest absolute Gasteiger partial charge is 0.412 e. The highest BCUT2D eigenvalue weighted by Crippen LogP contribution is 2.23. The van der Waals surface area contributed by atoms with E-state index in [-0.39, 0.29) is 5.69 Å². The highest BCUT2D eigenvalue weighted by molar-refractivity contribution is 7.99. The number of ether oxygens (including phenoxy) is 2. The van der Waals surface area contributed by atoms with E-state index in [0.717, 1.165) is 4.90 Å². The summed E-state index contributed by atoms with van der Waals surface area (Å²) in [6.45, 7) is 5.82. The number of carbonyl (C=O) groups excluding carboxylic acids is 1. The van der Waals surface area contributed by atoms with Crippen LogP contribution in [0.15, 0.2) is 53.4 Å². The van der Waals surface area contributed by atoms with Crippen molar-refractivity contribution in [3.8, 4) is 5.75 Å². The minimum absolute atomic E-state index is 0.000992. The van der Waals surface area contributed by atoms with Crippen LogP contribution in [0, 0.1) is 10.1 Å². The standard InChI is InChI=1S/C19H22N2O5S/c1-19(2,3)26-18(22)20-14-6-4-9-17(12-14)27-11-10-25-16-8-5-7-15(13-16)21(23)24/h4-9,12-13H,10-11H2,1-3H3,(H,20,22). The predicted octanol–water partition coefficient (Wildman–Crippen LogP) is 5.11. The Morgan fingerprint density at radius 3 is 2.63 bits per heavy atom. The molecule has 144 valence electrons. The molecule has 2 rings (SSSR count). The van der Waals surface area contributed by atoms with Gasteiger partial charge in [-0.1, -0.05) is 12.1 Å².